The van der Waals surface area contributed by atoms with Crippen molar-refractivity contribution in [1.82, 2.24) is 15.0 Å². The molecule has 0 aromatic carbocycles. The van der Waals surface area contributed by atoms with Gasteiger partial charge in [-0.3, -0.25) is 4.79 Å². The molecule has 0 atom stereocenters. The highest BCUT2D eigenvalue weighted by atomic mass is 16.5. The van der Waals surface area contributed by atoms with Crippen LogP contribution in [0.2, 0.25) is 0 Å². The van der Waals surface area contributed by atoms with E-state index in [1.807, 2.05) is 0 Å². The number of nitrogens with two attached hydrogens (primary N) is 1. The third-order valence-corrected chi connectivity index (χ3v) is 1.68. The van der Waals surface area contributed by atoms with Crippen molar-refractivity contribution in [3.8, 4) is 0 Å². The maximum atomic E-state index is 11.3. The second-order valence-electron chi connectivity index (χ2n) is 3.11. The van der Waals surface area contributed by atoms with Crippen molar-refractivity contribution in [1.29, 1.82) is 0 Å². The van der Waals surface area contributed by atoms with Crippen LogP contribution in [0, 0.1) is 0 Å². The summed E-state index contributed by atoms with van der Waals surface area (Å²) < 4.78 is 4.87. The number of carbonyl (C=O) groups excluding carboxylic acids is 1. The molecule has 0 aliphatic heterocycles. The van der Waals surface area contributed by atoms with Gasteiger partial charge in [-0.2, -0.15) is 4.98 Å². The lowest BCUT2D eigenvalue weighted by molar-refractivity contribution is -0.128. The number of nitrogens with zero attached hydrogens (tertiary/aromatic N) is 3. The molecule has 2 N–H and O–H groups in total. The standard InChI is InChI=1S/C8H14N4O2/c1-12(2)8(13)5-6-10-7(3-4-9)14-11-6/h3-5,9H2,1-2H3. The van der Waals surface area contributed by atoms with Crippen LogP contribution < -0.4 is 5.73 Å². The first-order valence-electron chi connectivity index (χ1n) is 4.35. The maximum absolute atomic E-state index is 11.3. The summed E-state index contributed by atoms with van der Waals surface area (Å²) in [6.07, 6.45) is 0.713. The van der Waals surface area contributed by atoms with Gasteiger partial charge in [0.25, 0.3) is 0 Å². The zero-order chi connectivity index (χ0) is 10.6. The summed E-state index contributed by atoms with van der Waals surface area (Å²) in [4.78, 5) is 16.8. The molecule has 1 rings (SSSR count). The van der Waals surface area contributed by atoms with Gasteiger partial charge in [-0.25, -0.2) is 0 Å². The fraction of sp³-hybridized carbons (Fsp3) is 0.625. The lowest BCUT2D eigenvalue weighted by Crippen LogP contribution is -2.23. The molecule has 1 heterocycles. The van der Waals surface area contributed by atoms with Crippen LogP contribution in [0.1, 0.15) is 11.7 Å². The number of hydrogen-bond donors (Lipinski definition) is 1. The SMILES string of the molecule is CN(C)C(=O)Cc1noc(CCN)n1. The van der Waals surface area contributed by atoms with Gasteiger partial charge in [0.15, 0.2) is 5.82 Å². The molecule has 0 unspecified atom stereocenters. The maximum Gasteiger partial charge on any atom is 0.229 e. The van der Waals surface area contributed by atoms with Crippen LogP contribution in [-0.2, 0) is 17.6 Å². The fourth-order valence-corrected chi connectivity index (χ4v) is 0.880. The van der Waals surface area contributed by atoms with E-state index in [2.05, 4.69) is 10.1 Å². The van der Waals surface area contributed by atoms with Crippen molar-refractivity contribution in [2.45, 2.75) is 12.8 Å². The minimum absolute atomic E-state index is 0.0508. The molecule has 0 bridgehead atoms. The smallest absolute Gasteiger partial charge is 0.229 e. The van der Waals surface area contributed by atoms with E-state index in [1.165, 1.54) is 4.90 Å². The minimum Gasteiger partial charge on any atom is -0.348 e. The van der Waals surface area contributed by atoms with Gasteiger partial charge in [0, 0.05) is 27.1 Å². The largest absolute Gasteiger partial charge is 0.348 e. The Bertz CT molecular complexity index is 308. The number of amides is 1. The Morgan fingerprint density at radius 3 is 2.86 bits per heavy atom. The first-order valence-corrected chi connectivity index (χ1v) is 4.35. The van der Waals surface area contributed by atoms with Gasteiger partial charge in [-0.05, 0) is 0 Å². The van der Waals surface area contributed by atoms with E-state index in [9.17, 15) is 4.79 Å². The molecule has 0 saturated carbocycles. The van der Waals surface area contributed by atoms with Crippen LogP contribution in [0.15, 0.2) is 4.52 Å². The summed E-state index contributed by atoms with van der Waals surface area (Å²) in [5, 5.41) is 3.67. The lowest BCUT2D eigenvalue weighted by Gasteiger charge is -2.06. The van der Waals surface area contributed by atoms with Gasteiger partial charge in [0.05, 0.1) is 6.42 Å². The number of rotatable bonds is 4. The molecule has 14 heavy (non-hydrogen) atoms. The molecular weight excluding hydrogens is 184 g/mol. The summed E-state index contributed by atoms with van der Waals surface area (Å²) >= 11 is 0. The summed E-state index contributed by atoms with van der Waals surface area (Å²) in [5.41, 5.74) is 5.32. The van der Waals surface area contributed by atoms with E-state index in [-0.39, 0.29) is 12.3 Å². The van der Waals surface area contributed by atoms with Gasteiger partial charge >= 0.3 is 0 Å². The molecule has 1 amide bonds. The molecule has 0 aliphatic carbocycles. The van der Waals surface area contributed by atoms with Crippen LogP contribution in [0.25, 0.3) is 0 Å². The predicted molar refractivity (Wildman–Crippen MR) is 49.5 cm³/mol. The Kier molecular flexibility index (Phi) is 3.58. The van der Waals surface area contributed by atoms with Crippen molar-refractivity contribution in [2.75, 3.05) is 20.6 Å². The third-order valence-electron chi connectivity index (χ3n) is 1.68. The Morgan fingerprint density at radius 1 is 1.57 bits per heavy atom. The van der Waals surface area contributed by atoms with E-state index in [0.717, 1.165) is 0 Å². The highest BCUT2D eigenvalue weighted by molar-refractivity contribution is 5.77. The Morgan fingerprint density at radius 2 is 2.29 bits per heavy atom. The Balaban J connectivity index is 2.55. The van der Waals surface area contributed by atoms with Crippen LogP contribution >= 0.6 is 0 Å². The molecule has 1 aromatic heterocycles. The monoisotopic (exact) mass is 198 g/mol. The molecule has 0 radical (unpaired) electrons. The van der Waals surface area contributed by atoms with Gasteiger partial charge in [0.1, 0.15) is 0 Å². The van der Waals surface area contributed by atoms with Crippen LogP contribution in [0.5, 0.6) is 0 Å². The topological polar surface area (TPSA) is 85.2 Å². The third kappa shape index (κ3) is 2.81. The van der Waals surface area contributed by atoms with Crippen LogP contribution in [-0.4, -0.2) is 41.6 Å². The summed E-state index contributed by atoms with van der Waals surface area (Å²) in [7, 11) is 3.37. The molecule has 6 heteroatoms. The molecule has 6 nitrogen and oxygen atoms in total. The molecule has 0 fully saturated rings. The molecular formula is C8H14N4O2. The Labute approximate surface area is 82.1 Å². The van der Waals surface area contributed by atoms with E-state index >= 15 is 0 Å². The van der Waals surface area contributed by atoms with Gasteiger partial charge in [0.2, 0.25) is 11.8 Å². The van der Waals surface area contributed by atoms with Crippen LogP contribution in [0.3, 0.4) is 0 Å². The van der Waals surface area contributed by atoms with Gasteiger partial charge in [-0.15, -0.1) is 0 Å². The predicted octanol–water partition coefficient (Wildman–Crippen LogP) is -0.798. The van der Waals surface area contributed by atoms with Crippen LogP contribution in [0.4, 0.5) is 0 Å². The average molecular weight is 198 g/mol. The molecule has 1 aromatic rings. The first kappa shape index (κ1) is 10.6. The van der Waals surface area contributed by atoms with Crippen molar-refractivity contribution >= 4 is 5.91 Å². The molecule has 0 spiro atoms. The summed E-state index contributed by atoms with van der Waals surface area (Å²) in [6.45, 7) is 0.462. The lowest BCUT2D eigenvalue weighted by atomic mass is 10.3. The van der Waals surface area contributed by atoms with Crippen molar-refractivity contribution < 1.29 is 9.32 Å². The van der Waals surface area contributed by atoms with Gasteiger partial charge < -0.3 is 15.2 Å². The molecule has 0 aliphatic rings. The quantitative estimate of drug-likeness (QED) is 0.684. The van der Waals surface area contributed by atoms with E-state index in [1.54, 1.807) is 14.1 Å². The zero-order valence-corrected chi connectivity index (χ0v) is 8.36. The van der Waals surface area contributed by atoms with E-state index in [4.69, 9.17) is 10.3 Å². The highest BCUT2D eigenvalue weighted by Crippen LogP contribution is 1.99. The number of hydrogen-bond acceptors (Lipinski definition) is 5. The van der Waals surface area contributed by atoms with E-state index in [0.29, 0.717) is 24.7 Å². The van der Waals surface area contributed by atoms with Gasteiger partial charge in [-0.1, -0.05) is 5.16 Å². The van der Waals surface area contributed by atoms with Crippen molar-refractivity contribution in [2.24, 2.45) is 5.73 Å². The summed E-state index contributed by atoms with van der Waals surface area (Å²) in [6, 6.07) is 0. The van der Waals surface area contributed by atoms with E-state index < -0.39 is 0 Å². The second kappa shape index (κ2) is 4.71. The molecule has 78 valence electrons. The zero-order valence-electron chi connectivity index (χ0n) is 8.36. The number of aromatic nitrogens is 2. The number of likely N-dealkylation sites (N-methyl/N-ethyl adjacent to an activating group) is 1. The summed E-state index contributed by atoms with van der Waals surface area (Å²) in [5.74, 6) is 0.839. The average Bonchev–Trinajstić information content (AvgIpc) is 2.53. The first-order chi connectivity index (χ1) is 6.63. The minimum atomic E-state index is -0.0508. The highest BCUT2D eigenvalue weighted by Gasteiger charge is 2.11. The number of carbonyl (C=O) groups is 1. The van der Waals surface area contributed by atoms with Crippen molar-refractivity contribution in [3.05, 3.63) is 11.7 Å². The fourth-order valence-electron chi connectivity index (χ4n) is 0.880. The normalized spacial score (nSPS) is 10.2. The van der Waals surface area contributed by atoms with Crippen molar-refractivity contribution in [3.63, 3.8) is 0 Å². The second-order valence-corrected chi connectivity index (χ2v) is 3.11. The molecule has 0 saturated heterocycles. The Hall–Kier alpha value is -1.43.